The van der Waals surface area contributed by atoms with Gasteiger partial charge in [0.15, 0.2) is 0 Å². The summed E-state index contributed by atoms with van der Waals surface area (Å²) in [7, 11) is 0. The standard InChI is InChI=1S/C27H31F3N2O4/c1-5-34-23-21(14-20(16-31-23)27(28,29)30)19-15-26(35-17-19)12-9-13-32(24(33)36-25(2,3)4)22(26)18-10-7-6-8-11-18/h6-8,10-11,14-16,22H,5,9,12-13,17H2,1-4H3/t22-,26+/m0/s1. The second-order valence-corrected chi connectivity index (χ2v) is 10.0. The zero-order valence-corrected chi connectivity index (χ0v) is 20.9. The first kappa shape index (κ1) is 26.0. The van der Waals surface area contributed by atoms with Crippen molar-refractivity contribution in [1.29, 1.82) is 0 Å². The molecule has 1 aromatic heterocycles. The van der Waals surface area contributed by atoms with E-state index in [0.717, 1.165) is 17.8 Å². The molecule has 1 fully saturated rings. The summed E-state index contributed by atoms with van der Waals surface area (Å²) in [4.78, 5) is 18.9. The van der Waals surface area contributed by atoms with E-state index in [4.69, 9.17) is 14.2 Å². The third kappa shape index (κ3) is 5.36. The lowest BCUT2D eigenvalue weighted by Crippen LogP contribution is -2.53. The fourth-order valence-electron chi connectivity index (χ4n) is 4.81. The molecule has 2 aliphatic heterocycles. The number of aromatic nitrogens is 1. The summed E-state index contributed by atoms with van der Waals surface area (Å²) >= 11 is 0. The average molecular weight is 505 g/mol. The predicted molar refractivity (Wildman–Crippen MR) is 128 cm³/mol. The minimum absolute atomic E-state index is 0.0640. The number of hydrogen-bond acceptors (Lipinski definition) is 5. The highest BCUT2D eigenvalue weighted by Crippen LogP contribution is 2.49. The molecular weight excluding hydrogens is 473 g/mol. The molecule has 2 aliphatic rings. The minimum atomic E-state index is -4.55. The SMILES string of the molecule is CCOc1ncc(C(F)(F)F)cc1C1=C[C@@]2(CCCN(C(=O)OC(C)(C)C)[C@H]2c2ccccc2)OC1. The van der Waals surface area contributed by atoms with Crippen molar-refractivity contribution in [3.05, 3.63) is 65.4 Å². The Bertz CT molecular complexity index is 1130. The number of benzene rings is 1. The van der Waals surface area contributed by atoms with Crippen molar-refractivity contribution in [3.8, 4) is 5.88 Å². The normalized spacial score (nSPS) is 22.5. The largest absolute Gasteiger partial charge is 0.478 e. The molecule has 9 heteroatoms. The predicted octanol–water partition coefficient (Wildman–Crippen LogP) is 6.42. The Morgan fingerprint density at radius 2 is 1.94 bits per heavy atom. The average Bonchev–Trinajstić information content (AvgIpc) is 3.22. The van der Waals surface area contributed by atoms with Gasteiger partial charge in [-0.3, -0.25) is 4.90 Å². The van der Waals surface area contributed by atoms with E-state index in [1.54, 1.807) is 11.8 Å². The van der Waals surface area contributed by atoms with Gasteiger partial charge in [-0.2, -0.15) is 13.2 Å². The summed E-state index contributed by atoms with van der Waals surface area (Å²) in [6.07, 6.45) is -1.15. The summed E-state index contributed by atoms with van der Waals surface area (Å²) in [6, 6.07) is 10.0. The third-order valence-electron chi connectivity index (χ3n) is 6.20. The first-order chi connectivity index (χ1) is 16.9. The molecule has 2 aromatic rings. The maximum absolute atomic E-state index is 13.5. The maximum atomic E-state index is 13.5. The van der Waals surface area contributed by atoms with Gasteiger partial charge in [-0.15, -0.1) is 0 Å². The van der Waals surface area contributed by atoms with Gasteiger partial charge in [0.25, 0.3) is 0 Å². The Kier molecular flexibility index (Phi) is 7.05. The van der Waals surface area contributed by atoms with Crippen LogP contribution in [0.1, 0.15) is 63.3 Å². The molecule has 36 heavy (non-hydrogen) atoms. The highest BCUT2D eigenvalue weighted by molar-refractivity contribution is 5.75. The van der Waals surface area contributed by atoms with E-state index in [1.807, 2.05) is 57.2 Å². The number of carbonyl (C=O) groups excluding carboxylic acids is 1. The van der Waals surface area contributed by atoms with E-state index in [0.29, 0.717) is 25.0 Å². The van der Waals surface area contributed by atoms with Crippen molar-refractivity contribution in [2.24, 2.45) is 0 Å². The molecule has 1 amide bonds. The zero-order valence-electron chi connectivity index (χ0n) is 20.9. The summed E-state index contributed by atoms with van der Waals surface area (Å²) < 4.78 is 58.1. The van der Waals surface area contributed by atoms with Crippen molar-refractivity contribution in [2.45, 2.75) is 64.0 Å². The highest BCUT2D eigenvalue weighted by atomic mass is 19.4. The summed E-state index contributed by atoms with van der Waals surface area (Å²) in [5, 5.41) is 0. The molecule has 194 valence electrons. The molecule has 0 radical (unpaired) electrons. The quantitative estimate of drug-likeness (QED) is 0.481. The number of likely N-dealkylation sites (tertiary alicyclic amines) is 1. The smallest absolute Gasteiger partial charge is 0.417 e. The molecule has 1 spiro atoms. The van der Waals surface area contributed by atoms with Crippen LogP contribution in [-0.4, -0.2) is 46.9 Å². The van der Waals surface area contributed by atoms with Crippen molar-refractivity contribution in [2.75, 3.05) is 19.8 Å². The van der Waals surface area contributed by atoms with Crippen molar-refractivity contribution in [3.63, 3.8) is 0 Å². The van der Waals surface area contributed by atoms with E-state index in [1.165, 1.54) is 0 Å². The molecule has 0 bridgehead atoms. The molecule has 0 saturated carbocycles. The second kappa shape index (κ2) is 9.76. The number of alkyl halides is 3. The number of ether oxygens (including phenoxy) is 3. The van der Waals surface area contributed by atoms with E-state index in [9.17, 15) is 18.0 Å². The number of nitrogens with zero attached hydrogens (tertiary/aromatic N) is 2. The van der Waals surface area contributed by atoms with Crippen LogP contribution in [0.25, 0.3) is 5.57 Å². The Labute approximate surface area is 209 Å². The summed E-state index contributed by atoms with van der Waals surface area (Å²) in [6.45, 7) is 7.96. The molecule has 1 saturated heterocycles. The second-order valence-electron chi connectivity index (χ2n) is 10.0. The van der Waals surface area contributed by atoms with E-state index >= 15 is 0 Å². The Morgan fingerprint density at radius 3 is 2.58 bits per heavy atom. The zero-order chi connectivity index (χ0) is 26.1. The third-order valence-corrected chi connectivity index (χ3v) is 6.20. The van der Waals surface area contributed by atoms with Crippen LogP contribution in [0.4, 0.5) is 18.0 Å². The van der Waals surface area contributed by atoms with Crippen LogP contribution in [0.15, 0.2) is 48.7 Å². The first-order valence-corrected chi connectivity index (χ1v) is 12.0. The number of halogens is 3. The topological polar surface area (TPSA) is 60.9 Å². The minimum Gasteiger partial charge on any atom is -0.478 e. The Balaban J connectivity index is 1.80. The van der Waals surface area contributed by atoms with E-state index < -0.39 is 35.1 Å². The molecule has 0 unspecified atom stereocenters. The number of carbonyl (C=O) groups is 1. The fourth-order valence-corrected chi connectivity index (χ4v) is 4.81. The lowest BCUT2D eigenvalue weighted by Gasteiger charge is -2.47. The number of piperidine rings is 1. The van der Waals surface area contributed by atoms with Crippen LogP contribution in [0.2, 0.25) is 0 Å². The van der Waals surface area contributed by atoms with Crippen molar-refractivity contribution in [1.82, 2.24) is 9.88 Å². The van der Waals surface area contributed by atoms with Gasteiger partial charge in [0, 0.05) is 18.3 Å². The number of pyridine rings is 1. The maximum Gasteiger partial charge on any atom is 0.417 e. The fraction of sp³-hybridized carbons (Fsp3) is 0.481. The van der Waals surface area contributed by atoms with Gasteiger partial charge >= 0.3 is 12.3 Å². The lowest BCUT2D eigenvalue weighted by molar-refractivity contribution is -0.137. The van der Waals surface area contributed by atoms with Crippen molar-refractivity contribution >= 4 is 11.7 Å². The molecule has 0 N–H and O–H groups in total. The molecule has 6 nitrogen and oxygen atoms in total. The Hall–Kier alpha value is -3.07. The van der Waals surface area contributed by atoms with Crippen LogP contribution < -0.4 is 4.74 Å². The van der Waals surface area contributed by atoms with Gasteiger partial charge in [0.2, 0.25) is 5.88 Å². The number of rotatable bonds is 4. The van der Waals surface area contributed by atoms with Crippen LogP contribution in [0.3, 0.4) is 0 Å². The Morgan fingerprint density at radius 1 is 1.22 bits per heavy atom. The summed E-state index contributed by atoms with van der Waals surface area (Å²) in [5.41, 5.74) is -0.844. The van der Waals surface area contributed by atoms with Gasteiger partial charge < -0.3 is 14.2 Å². The van der Waals surface area contributed by atoms with E-state index in [-0.39, 0.29) is 24.7 Å². The van der Waals surface area contributed by atoms with Crippen LogP contribution in [-0.2, 0) is 15.7 Å². The van der Waals surface area contributed by atoms with Crippen molar-refractivity contribution < 1.29 is 32.2 Å². The van der Waals surface area contributed by atoms with Crippen LogP contribution in [0.5, 0.6) is 5.88 Å². The lowest BCUT2D eigenvalue weighted by atomic mass is 9.80. The van der Waals surface area contributed by atoms with Crippen LogP contribution in [0, 0.1) is 0 Å². The molecule has 2 atom stereocenters. The molecular formula is C27H31F3N2O4. The number of hydrogen-bond donors (Lipinski definition) is 0. The van der Waals surface area contributed by atoms with Gasteiger partial charge in [0.1, 0.15) is 11.2 Å². The molecule has 1 aromatic carbocycles. The van der Waals surface area contributed by atoms with E-state index in [2.05, 4.69) is 4.98 Å². The molecule has 3 heterocycles. The summed E-state index contributed by atoms with van der Waals surface area (Å²) in [5.74, 6) is 0.119. The van der Waals surface area contributed by atoms with Gasteiger partial charge in [-0.25, -0.2) is 9.78 Å². The molecule has 4 rings (SSSR count). The monoisotopic (exact) mass is 504 g/mol. The van der Waals surface area contributed by atoms with Gasteiger partial charge in [-0.05, 0) is 63.8 Å². The number of amides is 1. The highest BCUT2D eigenvalue weighted by Gasteiger charge is 2.50. The molecule has 0 aliphatic carbocycles. The van der Waals surface area contributed by atoms with Gasteiger partial charge in [0.05, 0.1) is 24.8 Å². The van der Waals surface area contributed by atoms with Crippen LogP contribution >= 0.6 is 0 Å². The first-order valence-electron chi connectivity index (χ1n) is 12.0. The van der Waals surface area contributed by atoms with Gasteiger partial charge in [-0.1, -0.05) is 30.3 Å².